The summed E-state index contributed by atoms with van der Waals surface area (Å²) in [7, 11) is 0. The molecule has 3 nitrogen and oxygen atoms in total. The first kappa shape index (κ1) is 10.1. The lowest BCUT2D eigenvalue weighted by Gasteiger charge is -2.08. The number of nitrogen functional groups attached to an aromatic ring is 1. The number of hydrogen-bond donors (Lipinski definition) is 2. The normalized spacial score (nSPS) is 10.8. The molecule has 0 fully saturated rings. The molecule has 0 saturated heterocycles. The van der Waals surface area contributed by atoms with E-state index in [9.17, 15) is 8.78 Å². The van der Waals surface area contributed by atoms with Crippen molar-refractivity contribution in [1.29, 1.82) is 0 Å². The molecular weight excluding hydrogens is 202 g/mol. The average Bonchev–Trinajstić information content (AvgIpc) is 2.02. The molecule has 0 spiro atoms. The van der Waals surface area contributed by atoms with E-state index in [1.807, 2.05) is 0 Å². The van der Waals surface area contributed by atoms with E-state index in [4.69, 9.17) is 22.4 Å². The summed E-state index contributed by atoms with van der Waals surface area (Å²) in [5, 5.41) is 8.64. The molecule has 0 radical (unpaired) electrons. The van der Waals surface area contributed by atoms with Crippen LogP contribution in [0.15, 0.2) is 6.07 Å². The van der Waals surface area contributed by atoms with E-state index in [0.29, 0.717) is 0 Å². The molecule has 1 rings (SSSR count). The monoisotopic (exact) mass is 208 g/mol. The Labute approximate surface area is 78.1 Å². The Morgan fingerprint density at radius 1 is 1.62 bits per heavy atom. The number of pyridine rings is 1. The van der Waals surface area contributed by atoms with Crippen LogP contribution in [0.1, 0.15) is 17.7 Å². The summed E-state index contributed by atoms with van der Waals surface area (Å²) in [5.74, 6) is 0. The molecule has 0 saturated carbocycles. The van der Waals surface area contributed by atoms with Crippen LogP contribution in [0.2, 0.25) is 5.15 Å². The summed E-state index contributed by atoms with van der Waals surface area (Å²) >= 11 is 5.42. The van der Waals surface area contributed by atoms with Crippen molar-refractivity contribution >= 4 is 17.3 Å². The van der Waals surface area contributed by atoms with Crippen LogP contribution in [0, 0.1) is 0 Å². The zero-order valence-corrected chi connectivity index (χ0v) is 7.22. The van der Waals surface area contributed by atoms with Gasteiger partial charge in [0.25, 0.3) is 6.43 Å². The van der Waals surface area contributed by atoms with Crippen LogP contribution in [0.5, 0.6) is 0 Å². The number of aliphatic hydroxyl groups excluding tert-OH is 1. The quantitative estimate of drug-likeness (QED) is 0.728. The molecule has 0 unspecified atom stereocenters. The van der Waals surface area contributed by atoms with Gasteiger partial charge in [0, 0.05) is 11.3 Å². The minimum atomic E-state index is -2.79. The summed E-state index contributed by atoms with van der Waals surface area (Å²) in [5.41, 5.74) is 4.75. The number of nitrogens with zero attached hydrogens (tertiary/aromatic N) is 1. The summed E-state index contributed by atoms with van der Waals surface area (Å²) in [6.45, 7) is -0.574. The summed E-state index contributed by atoms with van der Waals surface area (Å²) in [6.07, 6.45) is -2.79. The predicted molar refractivity (Wildman–Crippen MR) is 44.5 cm³/mol. The van der Waals surface area contributed by atoms with Crippen LogP contribution in [0.25, 0.3) is 0 Å². The van der Waals surface area contributed by atoms with Crippen LogP contribution in [-0.4, -0.2) is 10.1 Å². The lowest BCUT2D eigenvalue weighted by molar-refractivity contribution is 0.142. The van der Waals surface area contributed by atoms with E-state index >= 15 is 0 Å². The molecule has 3 N–H and O–H groups in total. The first-order valence-corrected chi connectivity index (χ1v) is 3.78. The molecule has 1 heterocycles. The zero-order chi connectivity index (χ0) is 10.0. The van der Waals surface area contributed by atoms with Crippen molar-refractivity contribution in [2.75, 3.05) is 5.73 Å². The van der Waals surface area contributed by atoms with Crippen molar-refractivity contribution in [2.45, 2.75) is 13.0 Å². The third kappa shape index (κ3) is 2.05. The Morgan fingerprint density at radius 3 is 2.69 bits per heavy atom. The lowest BCUT2D eigenvalue weighted by Crippen LogP contribution is -2.03. The molecule has 1 aromatic rings. The van der Waals surface area contributed by atoms with E-state index < -0.39 is 18.7 Å². The van der Waals surface area contributed by atoms with Gasteiger partial charge in [-0.2, -0.15) is 0 Å². The predicted octanol–water partition coefficient (Wildman–Crippen LogP) is 1.75. The van der Waals surface area contributed by atoms with E-state index in [2.05, 4.69) is 4.98 Å². The highest BCUT2D eigenvalue weighted by Gasteiger charge is 2.17. The number of nitrogens with two attached hydrogens (primary N) is 1. The van der Waals surface area contributed by atoms with Crippen LogP contribution >= 0.6 is 11.6 Å². The molecule has 0 amide bonds. The smallest absolute Gasteiger partial charge is 0.280 e. The van der Waals surface area contributed by atoms with Gasteiger partial charge in [-0.25, -0.2) is 13.8 Å². The standard InChI is InChI=1S/C7H7ClF2N2O/c8-5-1-4(11)3(2-13)6(12-5)7(9)10/h1,7,13H,2H2,(H2,11,12). The van der Waals surface area contributed by atoms with E-state index in [1.165, 1.54) is 6.07 Å². The van der Waals surface area contributed by atoms with Gasteiger partial charge in [0.15, 0.2) is 0 Å². The van der Waals surface area contributed by atoms with Crippen molar-refractivity contribution in [1.82, 2.24) is 4.98 Å². The minimum absolute atomic E-state index is 0.0257. The van der Waals surface area contributed by atoms with Gasteiger partial charge in [-0.3, -0.25) is 0 Å². The maximum Gasteiger partial charge on any atom is 0.280 e. The van der Waals surface area contributed by atoms with Crippen LogP contribution in [0.3, 0.4) is 0 Å². The Morgan fingerprint density at radius 2 is 2.23 bits per heavy atom. The molecule has 1 aromatic heterocycles. The van der Waals surface area contributed by atoms with Gasteiger partial charge in [-0.15, -0.1) is 0 Å². The van der Waals surface area contributed by atoms with E-state index in [-0.39, 0.29) is 16.4 Å². The molecule has 72 valence electrons. The van der Waals surface area contributed by atoms with Gasteiger partial charge in [0.1, 0.15) is 10.8 Å². The maximum absolute atomic E-state index is 12.3. The van der Waals surface area contributed by atoms with Gasteiger partial charge in [-0.05, 0) is 6.07 Å². The number of rotatable bonds is 2. The maximum atomic E-state index is 12.3. The first-order valence-electron chi connectivity index (χ1n) is 3.40. The summed E-state index contributed by atoms with van der Waals surface area (Å²) in [4.78, 5) is 3.38. The molecule has 0 bridgehead atoms. The Bertz CT molecular complexity index is 320. The van der Waals surface area contributed by atoms with Crippen LogP contribution in [-0.2, 0) is 6.61 Å². The van der Waals surface area contributed by atoms with Crippen LogP contribution < -0.4 is 5.73 Å². The fourth-order valence-corrected chi connectivity index (χ4v) is 1.14. The third-order valence-corrected chi connectivity index (χ3v) is 1.72. The van der Waals surface area contributed by atoms with Gasteiger partial charge >= 0.3 is 0 Å². The summed E-state index contributed by atoms with van der Waals surface area (Å²) < 4.78 is 24.6. The van der Waals surface area contributed by atoms with E-state index in [0.717, 1.165) is 0 Å². The van der Waals surface area contributed by atoms with E-state index in [1.54, 1.807) is 0 Å². The first-order chi connectivity index (χ1) is 6.06. The molecule has 0 aliphatic heterocycles. The second kappa shape index (κ2) is 3.85. The van der Waals surface area contributed by atoms with Crippen molar-refractivity contribution in [3.63, 3.8) is 0 Å². The van der Waals surface area contributed by atoms with Gasteiger partial charge in [0.2, 0.25) is 0 Å². The average molecular weight is 209 g/mol. The highest BCUT2D eigenvalue weighted by molar-refractivity contribution is 6.29. The number of anilines is 1. The Kier molecular flexibility index (Phi) is 3.00. The Hall–Kier alpha value is -0.940. The molecule has 0 aliphatic rings. The zero-order valence-electron chi connectivity index (χ0n) is 6.47. The number of halogens is 3. The Balaban J connectivity index is 3.29. The van der Waals surface area contributed by atoms with Gasteiger partial charge in [-0.1, -0.05) is 11.6 Å². The van der Waals surface area contributed by atoms with Crippen LogP contribution in [0.4, 0.5) is 14.5 Å². The molecule has 6 heteroatoms. The van der Waals surface area contributed by atoms with Gasteiger partial charge < -0.3 is 10.8 Å². The SMILES string of the molecule is Nc1cc(Cl)nc(C(F)F)c1CO. The number of alkyl halides is 2. The van der Waals surface area contributed by atoms with Crippen molar-refractivity contribution in [2.24, 2.45) is 0 Å². The van der Waals surface area contributed by atoms with Crippen molar-refractivity contribution in [3.05, 3.63) is 22.5 Å². The highest BCUT2D eigenvalue weighted by Crippen LogP contribution is 2.27. The fraction of sp³-hybridized carbons (Fsp3) is 0.286. The third-order valence-electron chi connectivity index (χ3n) is 1.52. The second-order valence-electron chi connectivity index (χ2n) is 2.36. The number of aliphatic hydroxyl groups is 1. The van der Waals surface area contributed by atoms with Crippen molar-refractivity contribution < 1.29 is 13.9 Å². The fourth-order valence-electron chi connectivity index (χ4n) is 0.931. The molecule has 0 atom stereocenters. The highest BCUT2D eigenvalue weighted by atomic mass is 35.5. The molecular formula is C7H7ClF2N2O. The number of hydrogen-bond acceptors (Lipinski definition) is 3. The number of aromatic nitrogens is 1. The lowest BCUT2D eigenvalue weighted by atomic mass is 10.2. The molecule has 0 aliphatic carbocycles. The van der Waals surface area contributed by atoms with Crippen molar-refractivity contribution in [3.8, 4) is 0 Å². The summed E-state index contributed by atoms with van der Waals surface area (Å²) in [6, 6.07) is 1.22. The minimum Gasteiger partial charge on any atom is -0.398 e. The molecule has 13 heavy (non-hydrogen) atoms. The van der Waals surface area contributed by atoms with Gasteiger partial charge in [0.05, 0.1) is 6.61 Å². The molecule has 0 aromatic carbocycles. The second-order valence-corrected chi connectivity index (χ2v) is 2.74. The topological polar surface area (TPSA) is 59.1 Å². The largest absolute Gasteiger partial charge is 0.398 e.